The maximum Gasteiger partial charge on any atom is 0.350 e. The Morgan fingerprint density at radius 2 is 2.20 bits per heavy atom. The van der Waals surface area contributed by atoms with Crippen LogP contribution in [0.3, 0.4) is 0 Å². The van der Waals surface area contributed by atoms with Crippen molar-refractivity contribution in [2.45, 2.75) is 38.6 Å². The van der Waals surface area contributed by atoms with Gasteiger partial charge >= 0.3 is 5.97 Å². The van der Waals surface area contributed by atoms with E-state index >= 15 is 0 Å². The van der Waals surface area contributed by atoms with Gasteiger partial charge < -0.3 is 15.4 Å². The molecule has 2 rings (SSSR count). The number of hydrogen-bond donors (Lipinski definition) is 2. The molecule has 1 fully saturated rings. The van der Waals surface area contributed by atoms with E-state index in [1.54, 1.807) is 0 Å². The molecule has 1 aliphatic rings. The van der Waals surface area contributed by atoms with Gasteiger partial charge in [-0.2, -0.15) is 0 Å². The molecule has 1 saturated heterocycles. The zero-order valence-electron chi connectivity index (χ0n) is 12.0. The smallest absolute Gasteiger partial charge is 0.350 e. The highest BCUT2D eigenvalue weighted by molar-refractivity contribution is 7.12. The number of carbonyl (C=O) groups is 2. The van der Waals surface area contributed by atoms with Crippen LogP contribution in [0.1, 0.15) is 41.4 Å². The summed E-state index contributed by atoms with van der Waals surface area (Å²) in [5, 5.41) is 8.00. The van der Waals surface area contributed by atoms with Gasteiger partial charge in [-0.05, 0) is 50.6 Å². The number of anilines is 1. The number of thiophene rings is 1. The first kappa shape index (κ1) is 15.0. The summed E-state index contributed by atoms with van der Waals surface area (Å²) in [5.74, 6) is -0.510. The first-order valence-electron chi connectivity index (χ1n) is 6.71. The second-order valence-corrected chi connectivity index (χ2v) is 6.16. The van der Waals surface area contributed by atoms with Crippen LogP contribution in [0.4, 0.5) is 5.69 Å². The first-order valence-corrected chi connectivity index (χ1v) is 7.59. The molecule has 0 saturated carbocycles. The van der Waals surface area contributed by atoms with Gasteiger partial charge in [0.25, 0.3) is 0 Å². The van der Waals surface area contributed by atoms with E-state index in [1.165, 1.54) is 18.4 Å². The highest BCUT2D eigenvalue weighted by atomic mass is 32.1. The van der Waals surface area contributed by atoms with E-state index < -0.39 is 11.5 Å². The third-order valence-corrected chi connectivity index (χ3v) is 4.78. The van der Waals surface area contributed by atoms with Crippen LogP contribution in [0.2, 0.25) is 0 Å². The molecule has 5 nitrogen and oxygen atoms in total. The van der Waals surface area contributed by atoms with Crippen molar-refractivity contribution >= 4 is 28.9 Å². The van der Waals surface area contributed by atoms with Crippen LogP contribution in [-0.2, 0) is 9.53 Å². The molecule has 6 heteroatoms. The molecule has 0 radical (unpaired) electrons. The molecule has 1 aromatic heterocycles. The number of ether oxygens (including phenoxy) is 1. The van der Waals surface area contributed by atoms with Crippen molar-refractivity contribution < 1.29 is 14.3 Å². The molecule has 20 heavy (non-hydrogen) atoms. The minimum Gasteiger partial charge on any atom is -0.465 e. The second-order valence-electron chi connectivity index (χ2n) is 5.28. The third kappa shape index (κ3) is 2.86. The number of hydrogen-bond acceptors (Lipinski definition) is 5. The number of amides is 1. The number of piperidine rings is 1. The van der Waals surface area contributed by atoms with Gasteiger partial charge in [0, 0.05) is 0 Å². The van der Waals surface area contributed by atoms with Crippen molar-refractivity contribution in [2.75, 3.05) is 19.0 Å². The van der Waals surface area contributed by atoms with Crippen molar-refractivity contribution in [1.82, 2.24) is 5.32 Å². The second kappa shape index (κ2) is 5.93. The average Bonchev–Trinajstić information content (AvgIpc) is 2.80. The van der Waals surface area contributed by atoms with Crippen molar-refractivity contribution in [3.63, 3.8) is 0 Å². The summed E-state index contributed by atoms with van der Waals surface area (Å²) in [6, 6.07) is 0. The fraction of sp³-hybridized carbons (Fsp3) is 0.571. The average molecular weight is 296 g/mol. The fourth-order valence-electron chi connectivity index (χ4n) is 2.34. The quantitative estimate of drug-likeness (QED) is 0.840. The molecule has 0 aromatic carbocycles. The lowest BCUT2D eigenvalue weighted by molar-refractivity contribution is -0.122. The molecule has 2 heterocycles. The molecule has 0 bridgehead atoms. The number of methoxy groups -OCH3 is 1. The summed E-state index contributed by atoms with van der Waals surface area (Å²) in [7, 11) is 1.34. The molecule has 1 atom stereocenters. The minimum absolute atomic E-state index is 0.0937. The van der Waals surface area contributed by atoms with Gasteiger partial charge in [-0.1, -0.05) is 0 Å². The predicted octanol–water partition coefficient (Wildman–Crippen LogP) is 2.31. The zero-order valence-corrected chi connectivity index (χ0v) is 12.9. The van der Waals surface area contributed by atoms with E-state index in [0.717, 1.165) is 31.4 Å². The Bertz CT molecular complexity index is 518. The number of esters is 1. The minimum atomic E-state index is -0.569. The van der Waals surface area contributed by atoms with Crippen LogP contribution in [-0.4, -0.2) is 31.1 Å². The SMILES string of the molecule is COC(=O)c1scc(C)c1NC(=O)C1(C)CCCCN1. The lowest BCUT2D eigenvalue weighted by Gasteiger charge is -2.33. The van der Waals surface area contributed by atoms with Gasteiger partial charge in [0.2, 0.25) is 5.91 Å². The van der Waals surface area contributed by atoms with Gasteiger partial charge in [0.1, 0.15) is 4.88 Å². The van der Waals surface area contributed by atoms with E-state index in [2.05, 4.69) is 10.6 Å². The molecule has 110 valence electrons. The molecule has 0 spiro atoms. The molecular weight excluding hydrogens is 276 g/mol. The molecule has 2 N–H and O–H groups in total. The monoisotopic (exact) mass is 296 g/mol. The molecule has 1 amide bonds. The Kier molecular flexibility index (Phi) is 4.45. The van der Waals surface area contributed by atoms with Gasteiger partial charge in [0.15, 0.2) is 0 Å². The summed E-state index contributed by atoms with van der Waals surface area (Å²) in [4.78, 5) is 24.6. The lowest BCUT2D eigenvalue weighted by Crippen LogP contribution is -2.54. The van der Waals surface area contributed by atoms with Crippen LogP contribution in [0.5, 0.6) is 0 Å². The van der Waals surface area contributed by atoms with E-state index in [1.807, 2.05) is 19.2 Å². The summed E-state index contributed by atoms with van der Waals surface area (Å²) < 4.78 is 4.75. The molecule has 1 aliphatic heterocycles. The summed E-state index contributed by atoms with van der Waals surface area (Å²) in [6.45, 7) is 4.62. The van der Waals surface area contributed by atoms with Crippen LogP contribution < -0.4 is 10.6 Å². The third-order valence-electron chi connectivity index (χ3n) is 3.70. The number of nitrogens with one attached hydrogen (secondary N) is 2. The van der Waals surface area contributed by atoms with Gasteiger partial charge in [-0.25, -0.2) is 4.79 Å². The van der Waals surface area contributed by atoms with Gasteiger partial charge in [0.05, 0.1) is 18.3 Å². The number of rotatable bonds is 3. The van der Waals surface area contributed by atoms with E-state index in [-0.39, 0.29) is 5.91 Å². The van der Waals surface area contributed by atoms with Crippen LogP contribution in [0, 0.1) is 6.92 Å². The highest BCUT2D eigenvalue weighted by Gasteiger charge is 2.35. The van der Waals surface area contributed by atoms with Crippen LogP contribution in [0.25, 0.3) is 0 Å². The molecule has 1 unspecified atom stereocenters. The maximum absolute atomic E-state index is 12.5. The Morgan fingerprint density at radius 3 is 2.80 bits per heavy atom. The number of carbonyl (C=O) groups excluding carboxylic acids is 2. The van der Waals surface area contributed by atoms with Crippen LogP contribution in [0.15, 0.2) is 5.38 Å². The van der Waals surface area contributed by atoms with Gasteiger partial charge in [-0.15, -0.1) is 11.3 Å². The maximum atomic E-state index is 12.5. The highest BCUT2D eigenvalue weighted by Crippen LogP contribution is 2.30. The fourth-order valence-corrected chi connectivity index (χ4v) is 3.27. The molecule has 1 aromatic rings. The van der Waals surface area contributed by atoms with E-state index in [9.17, 15) is 9.59 Å². The Labute approximate surface area is 122 Å². The lowest BCUT2D eigenvalue weighted by atomic mass is 9.90. The van der Waals surface area contributed by atoms with E-state index in [4.69, 9.17) is 4.74 Å². The largest absolute Gasteiger partial charge is 0.465 e. The van der Waals surface area contributed by atoms with E-state index in [0.29, 0.717) is 10.6 Å². The summed E-state index contributed by atoms with van der Waals surface area (Å²) in [5.41, 5.74) is 0.878. The van der Waals surface area contributed by atoms with Crippen molar-refractivity contribution in [3.05, 3.63) is 15.8 Å². The standard InChI is InChI=1S/C14H20N2O3S/c1-9-8-20-11(12(17)19-3)10(9)16-13(18)14(2)6-4-5-7-15-14/h8,15H,4-7H2,1-3H3,(H,16,18). The normalized spacial score (nSPS) is 22.4. The Balaban J connectivity index is 2.19. The predicted molar refractivity (Wildman–Crippen MR) is 79.3 cm³/mol. The van der Waals surface area contributed by atoms with Crippen molar-refractivity contribution in [3.8, 4) is 0 Å². The zero-order chi connectivity index (χ0) is 14.8. The van der Waals surface area contributed by atoms with Gasteiger partial charge in [-0.3, -0.25) is 4.79 Å². The van der Waals surface area contributed by atoms with Crippen molar-refractivity contribution in [1.29, 1.82) is 0 Å². The van der Waals surface area contributed by atoms with Crippen molar-refractivity contribution in [2.24, 2.45) is 0 Å². The number of aryl methyl sites for hydroxylation is 1. The Morgan fingerprint density at radius 1 is 1.45 bits per heavy atom. The Hall–Kier alpha value is -1.40. The first-order chi connectivity index (χ1) is 9.48. The topological polar surface area (TPSA) is 67.4 Å². The van der Waals surface area contributed by atoms with Crippen LogP contribution >= 0.6 is 11.3 Å². The molecule has 0 aliphatic carbocycles. The summed E-state index contributed by atoms with van der Waals surface area (Å²) >= 11 is 1.29. The molecular formula is C14H20N2O3S. The summed E-state index contributed by atoms with van der Waals surface area (Å²) in [6.07, 6.45) is 2.92.